The quantitative estimate of drug-likeness (QED) is 0.250. The molecular weight excluding hydrogens is 420 g/mol. The van der Waals surface area contributed by atoms with Crippen molar-refractivity contribution in [3.63, 3.8) is 0 Å². The fraction of sp³-hybridized carbons (Fsp3) is 0.0800. The number of nitrogens with zero attached hydrogens (tertiary/aromatic N) is 3. The molecule has 0 spiro atoms. The Kier molecular flexibility index (Phi) is 6.36. The summed E-state index contributed by atoms with van der Waals surface area (Å²) in [4.78, 5) is 27.1. The molecule has 164 valence electrons. The van der Waals surface area contributed by atoms with Crippen molar-refractivity contribution in [3.8, 4) is 5.75 Å². The second kappa shape index (κ2) is 9.69. The molecule has 0 aliphatic heterocycles. The normalized spacial score (nSPS) is 11.2. The summed E-state index contributed by atoms with van der Waals surface area (Å²) in [5, 5.41) is 15.8. The van der Waals surface area contributed by atoms with Crippen molar-refractivity contribution in [2.75, 3.05) is 0 Å². The van der Waals surface area contributed by atoms with E-state index in [0.29, 0.717) is 29.2 Å². The van der Waals surface area contributed by atoms with E-state index in [1.54, 1.807) is 37.4 Å². The highest BCUT2D eigenvalue weighted by molar-refractivity contribution is 6.01. The first-order valence-corrected chi connectivity index (χ1v) is 10.2. The van der Waals surface area contributed by atoms with Crippen molar-refractivity contribution in [3.05, 3.63) is 112 Å². The number of hydrogen-bond donors (Lipinski definition) is 1. The number of fused-ring (bicyclic) bond motifs is 1. The number of amides is 1. The average Bonchev–Trinajstić information content (AvgIpc) is 2.86. The maximum Gasteiger partial charge on any atom is 0.271 e. The SMILES string of the molecule is CC(=NNC(=O)c1ccc(COc2cccc3cccnc23)cc1)c1ccc([N+](=O)[O-])cc1. The van der Waals surface area contributed by atoms with Crippen LogP contribution in [0.15, 0.2) is 90.2 Å². The third kappa shape index (κ3) is 5.19. The predicted octanol–water partition coefficient (Wildman–Crippen LogP) is 4.88. The van der Waals surface area contributed by atoms with Gasteiger partial charge in [0.25, 0.3) is 11.6 Å². The number of carbonyl (C=O) groups excluding carboxylic acids is 1. The van der Waals surface area contributed by atoms with Crippen LogP contribution in [0.2, 0.25) is 0 Å². The zero-order valence-electron chi connectivity index (χ0n) is 17.8. The number of rotatable bonds is 7. The highest BCUT2D eigenvalue weighted by atomic mass is 16.6. The van der Waals surface area contributed by atoms with Crippen molar-refractivity contribution >= 4 is 28.2 Å². The third-order valence-electron chi connectivity index (χ3n) is 5.03. The van der Waals surface area contributed by atoms with Crippen LogP contribution in [0, 0.1) is 10.1 Å². The molecule has 0 saturated carbocycles. The van der Waals surface area contributed by atoms with E-state index in [-0.39, 0.29) is 11.6 Å². The molecule has 0 fully saturated rings. The van der Waals surface area contributed by atoms with Gasteiger partial charge in [0.2, 0.25) is 0 Å². The van der Waals surface area contributed by atoms with E-state index in [1.165, 1.54) is 12.1 Å². The van der Waals surface area contributed by atoms with Crippen molar-refractivity contribution in [1.29, 1.82) is 0 Å². The summed E-state index contributed by atoms with van der Waals surface area (Å²) in [5.41, 5.74) is 5.88. The number of nitrogens with one attached hydrogen (secondary N) is 1. The first kappa shape index (κ1) is 21.6. The van der Waals surface area contributed by atoms with E-state index < -0.39 is 4.92 Å². The average molecular weight is 440 g/mol. The molecule has 4 aromatic rings. The lowest BCUT2D eigenvalue weighted by Gasteiger charge is -2.09. The van der Waals surface area contributed by atoms with Gasteiger partial charge >= 0.3 is 0 Å². The van der Waals surface area contributed by atoms with Gasteiger partial charge in [-0.05, 0) is 54.4 Å². The lowest BCUT2D eigenvalue weighted by atomic mass is 10.1. The number of para-hydroxylation sites is 1. The molecule has 0 saturated heterocycles. The van der Waals surface area contributed by atoms with Gasteiger partial charge in [-0.2, -0.15) is 5.10 Å². The van der Waals surface area contributed by atoms with Crippen molar-refractivity contribution in [2.45, 2.75) is 13.5 Å². The van der Waals surface area contributed by atoms with Gasteiger partial charge in [0.05, 0.1) is 10.6 Å². The molecule has 0 aliphatic rings. The van der Waals surface area contributed by atoms with E-state index in [9.17, 15) is 14.9 Å². The van der Waals surface area contributed by atoms with Crippen molar-refractivity contribution in [2.24, 2.45) is 5.10 Å². The van der Waals surface area contributed by atoms with E-state index in [4.69, 9.17) is 4.74 Å². The predicted molar refractivity (Wildman–Crippen MR) is 125 cm³/mol. The van der Waals surface area contributed by atoms with Crippen LogP contribution in [0.3, 0.4) is 0 Å². The number of pyridine rings is 1. The number of carbonyl (C=O) groups is 1. The molecule has 1 heterocycles. The molecule has 1 amide bonds. The van der Waals surface area contributed by atoms with Gasteiger partial charge in [-0.25, -0.2) is 5.43 Å². The molecule has 8 heteroatoms. The highest BCUT2D eigenvalue weighted by Gasteiger charge is 2.08. The van der Waals surface area contributed by atoms with Gasteiger partial charge in [0.15, 0.2) is 0 Å². The maximum absolute atomic E-state index is 12.4. The van der Waals surface area contributed by atoms with Gasteiger partial charge in [-0.3, -0.25) is 19.9 Å². The first-order chi connectivity index (χ1) is 16.0. The van der Waals surface area contributed by atoms with E-state index >= 15 is 0 Å². The van der Waals surface area contributed by atoms with Gasteiger partial charge in [0.1, 0.15) is 17.9 Å². The number of non-ortho nitro benzene ring substituents is 1. The van der Waals surface area contributed by atoms with Crippen LogP contribution >= 0.6 is 0 Å². The van der Waals surface area contributed by atoms with Crippen LogP contribution in [-0.4, -0.2) is 21.5 Å². The van der Waals surface area contributed by atoms with Crippen LogP contribution in [0.4, 0.5) is 5.69 Å². The summed E-state index contributed by atoms with van der Waals surface area (Å²) in [6.45, 7) is 2.05. The summed E-state index contributed by atoms with van der Waals surface area (Å²) in [5.74, 6) is 0.341. The smallest absolute Gasteiger partial charge is 0.271 e. The number of aromatic nitrogens is 1. The minimum Gasteiger partial charge on any atom is -0.487 e. The summed E-state index contributed by atoms with van der Waals surface area (Å²) < 4.78 is 5.93. The van der Waals surface area contributed by atoms with Crippen molar-refractivity contribution < 1.29 is 14.5 Å². The molecular formula is C25H20N4O4. The number of hydrogen-bond acceptors (Lipinski definition) is 6. The molecule has 1 N–H and O–H groups in total. The Morgan fingerprint density at radius 2 is 1.70 bits per heavy atom. The lowest BCUT2D eigenvalue weighted by Crippen LogP contribution is -2.19. The largest absolute Gasteiger partial charge is 0.487 e. The first-order valence-electron chi connectivity index (χ1n) is 10.2. The Labute approximate surface area is 189 Å². The van der Waals surface area contributed by atoms with Crippen LogP contribution in [0.1, 0.15) is 28.4 Å². The second-order valence-corrected chi connectivity index (χ2v) is 7.26. The summed E-state index contributed by atoms with van der Waals surface area (Å²) in [7, 11) is 0. The van der Waals surface area contributed by atoms with Crippen LogP contribution in [0.5, 0.6) is 5.75 Å². The number of nitro benzene ring substituents is 1. The molecule has 0 bridgehead atoms. The fourth-order valence-electron chi connectivity index (χ4n) is 3.19. The molecule has 1 aromatic heterocycles. The molecule has 3 aromatic carbocycles. The van der Waals surface area contributed by atoms with Crippen LogP contribution in [-0.2, 0) is 6.61 Å². The van der Waals surface area contributed by atoms with E-state index in [1.807, 2.05) is 42.5 Å². The molecule has 33 heavy (non-hydrogen) atoms. The zero-order chi connectivity index (χ0) is 23.2. The Morgan fingerprint density at radius 3 is 2.42 bits per heavy atom. The Morgan fingerprint density at radius 1 is 1.00 bits per heavy atom. The van der Waals surface area contributed by atoms with Crippen LogP contribution < -0.4 is 10.2 Å². The minimum atomic E-state index is -0.467. The molecule has 0 aliphatic carbocycles. The molecule has 0 radical (unpaired) electrons. The fourth-order valence-corrected chi connectivity index (χ4v) is 3.19. The summed E-state index contributed by atoms with van der Waals surface area (Å²) >= 11 is 0. The molecule has 0 unspecified atom stereocenters. The zero-order valence-corrected chi connectivity index (χ0v) is 17.8. The number of hydrazone groups is 1. The maximum atomic E-state index is 12.4. The minimum absolute atomic E-state index is 0.00336. The Balaban J connectivity index is 1.36. The summed E-state index contributed by atoms with van der Waals surface area (Å²) in [6.07, 6.45) is 1.73. The molecule has 4 rings (SSSR count). The van der Waals surface area contributed by atoms with Gasteiger partial charge < -0.3 is 4.74 Å². The lowest BCUT2D eigenvalue weighted by molar-refractivity contribution is -0.384. The summed E-state index contributed by atoms with van der Waals surface area (Å²) in [6, 6.07) is 22.6. The Bertz CT molecular complexity index is 1330. The van der Waals surface area contributed by atoms with E-state index in [0.717, 1.165) is 16.5 Å². The standard InChI is InChI=1S/C25H20N4O4/c1-17(19-11-13-22(14-12-19)29(31)32)27-28-25(30)21-9-7-18(8-10-21)16-33-23-6-2-4-20-5-3-15-26-24(20)23/h2-15H,16H2,1H3,(H,28,30). The van der Waals surface area contributed by atoms with Gasteiger partial charge in [-0.15, -0.1) is 0 Å². The highest BCUT2D eigenvalue weighted by Crippen LogP contribution is 2.24. The Hall–Kier alpha value is -4.59. The second-order valence-electron chi connectivity index (χ2n) is 7.26. The number of benzene rings is 3. The number of nitro groups is 1. The topological polar surface area (TPSA) is 107 Å². The van der Waals surface area contributed by atoms with Crippen LogP contribution in [0.25, 0.3) is 10.9 Å². The monoisotopic (exact) mass is 440 g/mol. The number of ether oxygens (including phenoxy) is 1. The third-order valence-corrected chi connectivity index (χ3v) is 5.03. The van der Waals surface area contributed by atoms with Gasteiger partial charge in [0, 0.05) is 29.3 Å². The van der Waals surface area contributed by atoms with Gasteiger partial charge in [-0.1, -0.05) is 30.3 Å². The molecule has 8 nitrogen and oxygen atoms in total. The van der Waals surface area contributed by atoms with E-state index in [2.05, 4.69) is 15.5 Å². The molecule has 0 atom stereocenters. The van der Waals surface area contributed by atoms with Crippen molar-refractivity contribution in [1.82, 2.24) is 10.4 Å².